The smallest absolute Gasteiger partial charge is 0.291 e. The highest BCUT2D eigenvalue weighted by molar-refractivity contribution is 6.14. The van der Waals surface area contributed by atoms with Gasteiger partial charge in [-0.2, -0.15) is 0 Å². The van der Waals surface area contributed by atoms with E-state index in [1.807, 2.05) is 26.0 Å². The number of aliphatic hydroxyl groups excluding tert-OH is 1. The van der Waals surface area contributed by atoms with E-state index < -0.39 is 29.5 Å². The third-order valence-electron chi connectivity index (χ3n) is 6.63. The van der Waals surface area contributed by atoms with Gasteiger partial charge in [-0.15, -0.1) is 0 Å². The quantitative estimate of drug-likeness (QED) is 0.450. The number of quaternary nitrogens is 1. The van der Waals surface area contributed by atoms with Gasteiger partial charge < -0.3 is 20.5 Å². The van der Waals surface area contributed by atoms with Crippen LogP contribution in [0.25, 0.3) is 0 Å². The fraction of sp³-hybridized carbons (Fsp3) is 0.571. The molecule has 2 saturated heterocycles. The first kappa shape index (κ1) is 20.0. The molecule has 0 aromatic heterocycles. The van der Waals surface area contributed by atoms with Crippen molar-refractivity contribution in [1.82, 2.24) is 4.90 Å². The molecule has 5 atom stereocenters. The maximum atomic E-state index is 13.4. The Kier molecular flexibility index (Phi) is 4.76. The summed E-state index contributed by atoms with van der Waals surface area (Å²) in [5.41, 5.74) is 2.11. The molecule has 0 saturated carbocycles. The van der Waals surface area contributed by atoms with Crippen LogP contribution in [0.1, 0.15) is 30.0 Å². The topological polar surface area (TPSA) is 113 Å². The third-order valence-corrected chi connectivity index (χ3v) is 6.63. The summed E-state index contributed by atoms with van der Waals surface area (Å²) in [7, 11) is 1.57. The lowest BCUT2D eigenvalue weighted by atomic mass is 9.75. The molecule has 29 heavy (non-hydrogen) atoms. The highest BCUT2D eigenvalue weighted by Gasteiger charge is 2.74. The number of benzene rings is 1. The van der Waals surface area contributed by atoms with Crippen molar-refractivity contribution < 1.29 is 29.5 Å². The summed E-state index contributed by atoms with van der Waals surface area (Å²) in [5, 5.41) is 15.1. The maximum Gasteiger partial charge on any atom is 0.291 e. The number of nitrogens with one attached hydrogen (secondary N) is 1. The lowest BCUT2D eigenvalue weighted by Crippen LogP contribution is -3.00. The molecule has 3 aliphatic heterocycles. The zero-order valence-corrected chi connectivity index (χ0v) is 17.2. The van der Waals surface area contributed by atoms with Crippen LogP contribution in [0.3, 0.4) is 0 Å². The van der Waals surface area contributed by atoms with Crippen LogP contribution in [0.4, 0.5) is 5.69 Å². The van der Waals surface area contributed by atoms with E-state index in [0.717, 1.165) is 16.7 Å². The standard InChI is InChI=1S/C21H27N3O5/c1-10-8-11(2)16-13(9-10)21(20(28)22-16)15-14(17(23-21)12(3)25)18(26)24(19(15)27)6-5-7-29-4/h8-9,12,14-15,17,23,25H,5-7H2,1-4H3,(H,22,28)/p+1/t12-,14+,15+,17+,21-/m1/s1. The number of nitrogens with two attached hydrogens (primary N) is 1. The minimum absolute atomic E-state index is 0.252. The van der Waals surface area contributed by atoms with Crippen molar-refractivity contribution in [2.24, 2.45) is 11.8 Å². The van der Waals surface area contributed by atoms with Crippen molar-refractivity contribution in [3.63, 3.8) is 0 Å². The van der Waals surface area contributed by atoms with E-state index in [4.69, 9.17) is 4.74 Å². The summed E-state index contributed by atoms with van der Waals surface area (Å²) in [6.45, 7) is 6.16. The Morgan fingerprint density at radius 1 is 1.28 bits per heavy atom. The van der Waals surface area contributed by atoms with E-state index in [9.17, 15) is 19.5 Å². The molecule has 156 valence electrons. The van der Waals surface area contributed by atoms with E-state index >= 15 is 0 Å². The Labute approximate surface area is 169 Å². The van der Waals surface area contributed by atoms with Crippen LogP contribution in [-0.4, -0.2) is 60.1 Å². The molecule has 1 spiro atoms. The van der Waals surface area contributed by atoms with E-state index in [-0.39, 0.29) is 24.3 Å². The molecule has 8 heteroatoms. The molecular weight excluding hydrogens is 374 g/mol. The molecule has 1 aromatic rings. The summed E-state index contributed by atoms with van der Waals surface area (Å²) in [6.07, 6.45) is -0.315. The number of anilines is 1. The molecule has 4 N–H and O–H groups in total. The molecule has 8 nitrogen and oxygen atoms in total. The average molecular weight is 402 g/mol. The predicted octanol–water partition coefficient (Wildman–Crippen LogP) is -0.585. The molecule has 0 radical (unpaired) electrons. The molecule has 4 rings (SSSR count). The van der Waals surface area contributed by atoms with E-state index in [0.29, 0.717) is 18.7 Å². The van der Waals surface area contributed by atoms with Crippen LogP contribution in [0.2, 0.25) is 0 Å². The van der Waals surface area contributed by atoms with Crippen molar-refractivity contribution >= 4 is 23.4 Å². The Morgan fingerprint density at radius 3 is 2.66 bits per heavy atom. The molecule has 3 heterocycles. The van der Waals surface area contributed by atoms with Crippen LogP contribution >= 0.6 is 0 Å². The normalized spacial score (nSPS) is 31.4. The van der Waals surface area contributed by atoms with Crippen LogP contribution in [0.15, 0.2) is 12.1 Å². The van der Waals surface area contributed by atoms with Gasteiger partial charge in [-0.1, -0.05) is 11.6 Å². The minimum Gasteiger partial charge on any atom is -0.387 e. The summed E-state index contributed by atoms with van der Waals surface area (Å²) >= 11 is 0. The summed E-state index contributed by atoms with van der Waals surface area (Å²) < 4.78 is 5.05. The zero-order chi connectivity index (χ0) is 21.1. The number of amides is 3. The molecule has 3 amide bonds. The molecule has 0 aliphatic carbocycles. The van der Waals surface area contributed by atoms with Gasteiger partial charge in [-0.05, 0) is 38.8 Å². The van der Waals surface area contributed by atoms with Gasteiger partial charge in [-0.3, -0.25) is 19.3 Å². The van der Waals surface area contributed by atoms with Crippen LogP contribution < -0.4 is 10.6 Å². The number of imide groups is 1. The van der Waals surface area contributed by atoms with Gasteiger partial charge >= 0.3 is 0 Å². The predicted molar refractivity (Wildman–Crippen MR) is 104 cm³/mol. The second-order valence-electron chi connectivity index (χ2n) is 8.49. The Bertz CT molecular complexity index is 899. The van der Waals surface area contributed by atoms with Gasteiger partial charge in [-0.25, -0.2) is 0 Å². The fourth-order valence-electron chi connectivity index (χ4n) is 5.43. The van der Waals surface area contributed by atoms with Gasteiger partial charge in [0.2, 0.25) is 17.4 Å². The van der Waals surface area contributed by atoms with Crippen molar-refractivity contribution in [3.8, 4) is 0 Å². The largest absolute Gasteiger partial charge is 0.387 e. The maximum absolute atomic E-state index is 13.4. The first-order chi connectivity index (χ1) is 13.7. The Balaban J connectivity index is 1.84. The minimum atomic E-state index is -1.23. The number of aryl methyl sites for hydroxylation is 2. The van der Waals surface area contributed by atoms with Gasteiger partial charge in [0.25, 0.3) is 5.91 Å². The highest BCUT2D eigenvalue weighted by atomic mass is 16.5. The molecule has 3 aliphatic rings. The lowest BCUT2D eigenvalue weighted by molar-refractivity contribution is -0.738. The van der Waals surface area contributed by atoms with Crippen molar-refractivity contribution in [3.05, 3.63) is 28.8 Å². The second kappa shape index (κ2) is 6.90. The number of likely N-dealkylation sites (tertiary alicyclic amines) is 1. The number of fused-ring (bicyclic) bond motifs is 4. The number of aliphatic hydroxyl groups is 1. The summed E-state index contributed by atoms with van der Waals surface area (Å²) in [6, 6.07) is 3.33. The lowest BCUT2D eigenvalue weighted by Gasteiger charge is -2.27. The number of rotatable bonds is 5. The van der Waals surface area contributed by atoms with Gasteiger partial charge in [0.05, 0.1) is 5.69 Å². The fourth-order valence-corrected chi connectivity index (χ4v) is 5.43. The van der Waals surface area contributed by atoms with Crippen molar-refractivity contribution in [2.75, 3.05) is 25.6 Å². The number of nitrogens with zero attached hydrogens (tertiary/aromatic N) is 1. The number of ether oxygens (including phenoxy) is 1. The van der Waals surface area contributed by atoms with Crippen LogP contribution in [0.5, 0.6) is 0 Å². The molecular formula is C21H28N3O5+. The number of carbonyl (C=O) groups excluding carboxylic acids is 3. The third kappa shape index (κ3) is 2.66. The summed E-state index contributed by atoms with van der Waals surface area (Å²) in [5.74, 6) is -2.50. The average Bonchev–Trinajstić information content (AvgIpc) is 3.24. The summed E-state index contributed by atoms with van der Waals surface area (Å²) in [4.78, 5) is 41.2. The Hall–Kier alpha value is -2.29. The van der Waals surface area contributed by atoms with Crippen LogP contribution in [0, 0.1) is 25.7 Å². The second-order valence-corrected chi connectivity index (χ2v) is 8.49. The molecule has 0 bridgehead atoms. The Morgan fingerprint density at radius 2 is 2.00 bits per heavy atom. The molecule has 1 aromatic carbocycles. The van der Waals surface area contributed by atoms with Gasteiger partial charge in [0, 0.05) is 25.8 Å². The van der Waals surface area contributed by atoms with E-state index in [2.05, 4.69) is 5.32 Å². The van der Waals surface area contributed by atoms with Gasteiger partial charge in [0.1, 0.15) is 24.0 Å². The number of methoxy groups -OCH3 is 1. The molecule has 2 fully saturated rings. The SMILES string of the molecule is COCCCN1C(=O)[C@@H]2[C@H]([C@@H](C)O)[NH2+][C@@]3(C(=O)Nc4c(C)cc(C)cc43)[C@@H]2C1=O. The first-order valence-electron chi connectivity index (χ1n) is 10.1. The van der Waals surface area contributed by atoms with Crippen molar-refractivity contribution in [2.45, 2.75) is 44.9 Å². The number of hydrogen-bond donors (Lipinski definition) is 3. The monoisotopic (exact) mass is 402 g/mol. The number of hydrogen-bond acceptors (Lipinski definition) is 5. The van der Waals surface area contributed by atoms with E-state index in [1.54, 1.807) is 19.4 Å². The van der Waals surface area contributed by atoms with Crippen molar-refractivity contribution in [1.29, 1.82) is 0 Å². The van der Waals surface area contributed by atoms with E-state index in [1.165, 1.54) is 4.90 Å². The zero-order valence-electron chi connectivity index (χ0n) is 17.2. The molecule has 0 unspecified atom stereocenters. The first-order valence-corrected chi connectivity index (χ1v) is 10.1. The highest BCUT2D eigenvalue weighted by Crippen LogP contribution is 2.50. The van der Waals surface area contributed by atoms with Crippen LogP contribution in [-0.2, 0) is 24.7 Å². The van der Waals surface area contributed by atoms with Gasteiger partial charge in [0.15, 0.2) is 0 Å². The number of carbonyl (C=O) groups is 3.